The lowest BCUT2D eigenvalue weighted by Crippen LogP contribution is -1.90. The predicted octanol–water partition coefficient (Wildman–Crippen LogP) is 2.20. The van der Waals surface area contributed by atoms with Gasteiger partial charge in [-0.15, -0.1) is 0 Å². The molecule has 1 rings (SSSR count). The van der Waals surface area contributed by atoms with Gasteiger partial charge in [0.2, 0.25) is 0 Å². The molecule has 0 radical (unpaired) electrons. The molecule has 0 aliphatic carbocycles. The van der Waals surface area contributed by atoms with Crippen molar-refractivity contribution in [1.29, 1.82) is 5.41 Å². The molecular formula is C10H13NO. The van der Waals surface area contributed by atoms with E-state index in [1.165, 1.54) is 6.21 Å². The van der Waals surface area contributed by atoms with Gasteiger partial charge in [0.25, 0.3) is 0 Å². The normalized spacial score (nSPS) is 9.50. The van der Waals surface area contributed by atoms with Crippen molar-refractivity contribution in [2.75, 3.05) is 7.11 Å². The van der Waals surface area contributed by atoms with Crippen molar-refractivity contribution < 1.29 is 4.74 Å². The predicted molar refractivity (Wildman–Crippen MR) is 50.2 cm³/mol. The van der Waals surface area contributed by atoms with Crippen molar-refractivity contribution in [3.05, 3.63) is 29.3 Å². The highest BCUT2D eigenvalue weighted by molar-refractivity contribution is 5.58. The number of hydrogen-bond acceptors (Lipinski definition) is 2. The van der Waals surface area contributed by atoms with Crippen molar-refractivity contribution in [2.45, 2.75) is 13.3 Å². The molecular weight excluding hydrogens is 150 g/mol. The van der Waals surface area contributed by atoms with Crippen LogP contribution in [-0.4, -0.2) is 13.3 Å². The van der Waals surface area contributed by atoms with Gasteiger partial charge < -0.3 is 10.1 Å². The number of rotatable bonds is 3. The van der Waals surface area contributed by atoms with E-state index in [0.29, 0.717) is 6.42 Å². The first-order chi connectivity index (χ1) is 5.77. The molecule has 2 heteroatoms. The highest BCUT2D eigenvalue weighted by atomic mass is 16.5. The third kappa shape index (κ3) is 1.84. The van der Waals surface area contributed by atoms with E-state index in [2.05, 4.69) is 0 Å². The third-order valence-corrected chi connectivity index (χ3v) is 1.80. The molecule has 0 aliphatic heterocycles. The first-order valence-corrected chi connectivity index (χ1v) is 3.90. The van der Waals surface area contributed by atoms with Crippen molar-refractivity contribution in [3.8, 4) is 5.75 Å². The molecule has 0 bridgehead atoms. The van der Waals surface area contributed by atoms with E-state index in [9.17, 15) is 0 Å². The van der Waals surface area contributed by atoms with Crippen LogP contribution < -0.4 is 4.74 Å². The maximum Gasteiger partial charge on any atom is 0.121 e. The number of aryl methyl sites for hydroxylation is 1. The molecule has 0 heterocycles. The second kappa shape index (κ2) is 3.90. The first-order valence-electron chi connectivity index (χ1n) is 3.90. The Balaban J connectivity index is 2.93. The molecule has 0 atom stereocenters. The van der Waals surface area contributed by atoms with Crippen LogP contribution in [0.4, 0.5) is 0 Å². The zero-order chi connectivity index (χ0) is 8.97. The molecule has 0 spiro atoms. The maximum atomic E-state index is 6.95. The van der Waals surface area contributed by atoms with Gasteiger partial charge in [0, 0.05) is 6.42 Å². The fourth-order valence-corrected chi connectivity index (χ4v) is 1.19. The summed E-state index contributed by atoms with van der Waals surface area (Å²) in [6.45, 7) is 2.01. The largest absolute Gasteiger partial charge is 0.496 e. The minimum Gasteiger partial charge on any atom is -0.496 e. The van der Waals surface area contributed by atoms with E-state index >= 15 is 0 Å². The number of ether oxygens (including phenoxy) is 1. The topological polar surface area (TPSA) is 33.1 Å². The molecule has 1 aromatic carbocycles. The van der Waals surface area contributed by atoms with E-state index in [1.807, 2.05) is 25.1 Å². The van der Waals surface area contributed by atoms with Crippen molar-refractivity contribution in [2.24, 2.45) is 0 Å². The molecule has 0 saturated carbocycles. The summed E-state index contributed by atoms with van der Waals surface area (Å²) in [7, 11) is 1.67. The minimum atomic E-state index is 0.699. The summed E-state index contributed by atoms with van der Waals surface area (Å²) >= 11 is 0. The minimum absolute atomic E-state index is 0.699. The van der Waals surface area contributed by atoms with Gasteiger partial charge in [-0.05, 0) is 30.3 Å². The quantitative estimate of drug-likeness (QED) is 0.681. The zero-order valence-electron chi connectivity index (χ0n) is 7.42. The Bertz CT molecular complexity index is 281. The summed E-state index contributed by atoms with van der Waals surface area (Å²) in [5.74, 6) is 0.906. The fourth-order valence-electron chi connectivity index (χ4n) is 1.19. The van der Waals surface area contributed by atoms with Crippen molar-refractivity contribution >= 4 is 6.21 Å². The van der Waals surface area contributed by atoms with E-state index in [4.69, 9.17) is 10.1 Å². The average molecular weight is 163 g/mol. The van der Waals surface area contributed by atoms with Crippen LogP contribution >= 0.6 is 0 Å². The third-order valence-electron chi connectivity index (χ3n) is 1.80. The Hall–Kier alpha value is -1.31. The van der Waals surface area contributed by atoms with E-state index in [0.717, 1.165) is 16.9 Å². The van der Waals surface area contributed by atoms with E-state index < -0.39 is 0 Å². The summed E-state index contributed by atoms with van der Waals surface area (Å²) in [6.07, 6.45) is 2.10. The van der Waals surface area contributed by atoms with Crippen LogP contribution in [0.1, 0.15) is 11.1 Å². The standard InChI is InChI=1S/C10H13NO/c1-8-7-9(5-6-11)3-4-10(8)12-2/h3-4,6-7,11H,5H2,1-2H3. The Morgan fingerprint density at radius 1 is 1.50 bits per heavy atom. The van der Waals surface area contributed by atoms with E-state index in [1.54, 1.807) is 7.11 Å². The molecule has 1 aromatic rings. The molecule has 2 nitrogen and oxygen atoms in total. The molecule has 1 N–H and O–H groups in total. The number of nitrogens with one attached hydrogen (secondary N) is 1. The summed E-state index contributed by atoms with van der Waals surface area (Å²) in [5.41, 5.74) is 2.28. The Labute approximate surface area is 72.7 Å². The number of hydrogen-bond donors (Lipinski definition) is 1. The molecule has 0 aliphatic rings. The van der Waals surface area contributed by atoms with Crippen LogP contribution in [0.2, 0.25) is 0 Å². The van der Waals surface area contributed by atoms with E-state index in [-0.39, 0.29) is 0 Å². The lowest BCUT2D eigenvalue weighted by molar-refractivity contribution is 0.411. The van der Waals surface area contributed by atoms with Crippen LogP contribution in [0, 0.1) is 12.3 Å². The van der Waals surface area contributed by atoms with Gasteiger partial charge in [-0.25, -0.2) is 0 Å². The maximum absolute atomic E-state index is 6.95. The van der Waals surface area contributed by atoms with Crippen molar-refractivity contribution in [3.63, 3.8) is 0 Å². The first kappa shape index (κ1) is 8.78. The molecule has 12 heavy (non-hydrogen) atoms. The van der Waals surface area contributed by atoms with Crippen LogP contribution in [0.15, 0.2) is 18.2 Å². The summed E-state index contributed by atoms with van der Waals surface area (Å²) in [5, 5.41) is 6.95. The van der Waals surface area contributed by atoms with Gasteiger partial charge in [-0.3, -0.25) is 0 Å². The monoisotopic (exact) mass is 163 g/mol. The smallest absolute Gasteiger partial charge is 0.121 e. The summed E-state index contributed by atoms with van der Waals surface area (Å²) in [6, 6.07) is 5.97. The molecule has 64 valence electrons. The molecule has 0 aromatic heterocycles. The van der Waals surface area contributed by atoms with Gasteiger partial charge in [-0.2, -0.15) is 0 Å². The lowest BCUT2D eigenvalue weighted by Gasteiger charge is -2.05. The number of methoxy groups -OCH3 is 1. The molecule has 0 saturated heterocycles. The highest BCUT2D eigenvalue weighted by Gasteiger charge is 1.97. The van der Waals surface area contributed by atoms with Gasteiger partial charge in [-0.1, -0.05) is 12.1 Å². The lowest BCUT2D eigenvalue weighted by atomic mass is 10.1. The fraction of sp³-hybridized carbons (Fsp3) is 0.300. The Morgan fingerprint density at radius 2 is 2.25 bits per heavy atom. The summed E-state index contributed by atoms with van der Waals surface area (Å²) in [4.78, 5) is 0. The van der Waals surface area contributed by atoms with Gasteiger partial charge in [0.05, 0.1) is 7.11 Å². The summed E-state index contributed by atoms with van der Waals surface area (Å²) < 4.78 is 5.12. The van der Waals surface area contributed by atoms with Crippen LogP contribution in [0.25, 0.3) is 0 Å². The highest BCUT2D eigenvalue weighted by Crippen LogP contribution is 2.18. The number of benzene rings is 1. The van der Waals surface area contributed by atoms with Gasteiger partial charge in [0.15, 0.2) is 0 Å². The average Bonchev–Trinajstić information content (AvgIpc) is 2.05. The Kier molecular flexibility index (Phi) is 2.86. The second-order valence-electron chi connectivity index (χ2n) is 2.71. The van der Waals surface area contributed by atoms with Gasteiger partial charge >= 0.3 is 0 Å². The van der Waals surface area contributed by atoms with Crippen molar-refractivity contribution in [1.82, 2.24) is 0 Å². The van der Waals surface area contributed by atoms with Gasteiger partial charge in [0.1, 0.15) is 5.75 Å². The zero-order valence-corrected chi connectivity index (χ0v) is 7.42. The molecule has 0 fully saturated rings. The van der Waals surface area contributed by atoms with Crippen LogP contribution in [0.3, 0.4) is 0 Å². The molecule has 0 amide bonds. The van der Waals surface area contributed by atoms with Crippen LogP contribution in [0.5, 0.6) is 5.75 Å². The Morgan fingerprint density at radius 3 is 2.75 bits per heavy atom. The molecule has 0 unspecified atom stereocenters. The second-order valence-corrected chi connectivity index (χ2v) is 2.71. The van der Waals surface area contributed by atoms with Crippen LogP contribution in [-0.2, 0) is 6.42 Å². The SMILES string of the molecule is COc1ccc(CC=N)cc1C.